The first kappa shape index (κ1) is 20.2. The van der Waals surface area contributed by atoms with Crippen LogP contribution in [0.2, 0.25) is 0 Å². The molecule has 29 heavy (non-hydrogen) atoms. The minimum Gasteiger partial charge on any atom is -0.463 e. The van der Waals surface area contributed by atoms with E-state index >= 15 is 0 Å². The molecule has 0 unspecified atom stereocenters. The van der Waals surface area contributed by atoms with Gasteiger partial charge in [0.05, 0.1) is 19.2 Å². The van der Waals surface area contributed by atoms with Crippen LogP contribution < -0.4 is 5.32 Å². The first-order chi connectivity index (χ1) is 13.8. The van der Waals surface area contributed by atoms with Crippen LogP contribution >= 0.6 is 0 Å². The maximum absolute atomic E-state index is 12.8. The lowest BCUT2D eigenvalue weighted by Crippen LogP contribution is -2.23. The molecule has 5 nitrogen and oxygen atoms in total. The molecule has 1 aromatic heterocycles. The first-order valence-electron chi connectivity index (χ1n) is 8.51. The third kappa shape index (κ3) is 4.66. The molecule has 3 rings (SSSR count). The van der Waals surface area contributed by atoms with Crippen LogP contribution in [0.4, 0.5) is 13.2 Å². The van der Waals surface area contributed by atoms with Gasteiger partial charge >= 0.3 is 12.1 Å². The van der Waals surface area contributed by atoms with Crippen molar-refractivity contribution in [1.82, 2.24) is 5.32 Å². The molecule has 0 aliphatic carbocycles. The number of alkyl halides is 3. The van der Waals surface area contributed by atoms with E-state index in [1.807, 2.05) is 0 Å². The van der Waals surface area contributed by atoms with Crippen LogP contribution in [-0.4, -0.2) is 19.0 Å². The number of ether oxygens (including phenoxy) is 1. The summed E-state index contributed by atoms with van der Waals surface area (Å²) in [5.74, 6) is -0.695. The Morgan fingerprint density at radius 2 is 1.69 bits per heavy atom. The van der Waals surface area contributed by atoms with Crippen molar-refractivity contribution in [2.75, 3.05) is 7.11 Å². The number of carbonyl (C=O) groups excluding carboxylic acids is 2. The van der Waals surface area contributed by atoms with Crippen LogP contribution in [0, 0.1) is 0 Å². The molecule has 0 bridgehead atoms. The van der Waals surface area contributed by atoms with Gasteiger partial charge in [-0.3, -0.25) is 4.79 Å². The zero-order chi connectivity index (χ0) is 21.0. The Morgan fingerprint density at radius 3 is 2.34 bits per heavy atom. The van der Waals surface area contributed by atoms with Crippen molar-refractivity contribution >= 4 is 11.9 Å². The summed E-state index contributed by atoms with van der Waals surface area (Å²) in [6, 6.07) is 14.1. The SMILES string of the molecule is COC(=O)c1ccc(CNC(=O)c2ccccc2-c2ccc(C(F)(F)F)cc2)o1. The number of methoxy groups -OCH3 is 1. The summed E-state index contributed by atoms with van der Waals surface area (Å²) in [6.45, 7) is 0.0250. The second kappa shape index (κ2) is 8.22. The minimum atomic E-state index is -4.43. The van der Waals surface area contributed by atoms with Crippen LogP contribution in [-0.2, 0) is 17.5 Å². The molecule has 0 fully saturated rings. The van der Waals surface area contributed by atoms with Gasteiger partial charge in [-0.05, 0) is 41.5 Å². The highest BCUT2D eigenvalue weighted by atomic mass is 19.4. The highest BCUT2D eigenvalue weighted by Gasteiger charge is 2.30. The van der Waals surface area contributed by atoms with Crippen LogP contribution in [0.25, 0.3) is 11.1 Å². The summed E-state index contributed by atoms with van der Waals surface area (Å²) in [5, 5.41) is 2.67. The summed E-state index contributed by atoms with van der Waals surface area (Å²) in [6.07, 6.45) is -4.43. The van der Waals surface area contributed by atoms with E-state index in [9.17, 15) is 22.8 Å². The smallest absolute Gasteiger partial charge is 0.416 e. The molecule has 1 N–H and O–H groups in total. The standard InChI is InChI=1S/C21H16F3NO4/c1-28-20(27)18-11-10-15(29-18)12-25-19(26)17-5-3-2-4-16(17)13-6-8-14(9-7-13)21(22,23)24/h2-11H,12H2,1H3,(H,25,26). The van der Waals surface area contributed by atoms with Gasteiger partial charge in [0.1, 0.15) is 5.76 Å². The summed E-state index contributed by atoms with van der Waals surface area (Å²) >= 11 is 0. The van der Waals surface area contributed by atoms with Gasteiger partial charge in [0.25, 0.3) is 5.91 Å². The van der Waals surface area contributed by atoms with Gasteiger partial charge in [-0.1, -0.05) is 30.3 Å². The van der Waals surface area contributed by atoms with Gasteiger partial charge < -0.3 is 14.5 Å². The number of hydrogen-bond donors (Lipinski definition) is 1. The van der Waals surface area contributed by atoms with Gasteiger partial charge in [0.2, 0.25) is 5.76 Å². The van der Waals surface area contributed by atoms with Gasteiger partial charge in [-0.2, -0.15) is 13.2 Å². The molecule has 8 heteroatoms. The number of esters is 1. The second-order valence-corrected chi connectivity index (χ2v) is 6.06. The predicted octanol–water partition coefficient (Wildman–Crippen LogP) is 4.68. The van der Waals surface area contributed by atoms with Gasteiger partial charge in [-0.15, -0.1) is 0 Å². The maximum atomic E-state index is 12.8. The molecule has 150 valence electrons. The fourth-order valence-corrected chi connectivity index (χ4v) is 2.72. The zero-order valence-corrected chi connectivity index (χ0v) is 15.2. The van der Waals surface area contributed by atoms with E-state index in [0.29, 0.717) is 22.5 Å². The molecule has 0 spiro atoms. The van der Waals surface area contributed by atoms with Crippen molar-refractivity contribution < 1.29 is 31.9 Å². The predicted molar refractivity (Wildman–Crippen MR) is 98.1 cm³/mol. The molecule has 1 heterocycles. The number of furan rings is 1. The fraction of sp³-hybridized carbons (Fsp3) is 0.143. The average molecular weight is 403 g/mol. The molecule has 0 aliphatic rings. The second-order valence-electron chi connectivity index (χ2n) is 6.06. The van der Waals surface area contributed by atoms with E-state index in [1.54, 1.807) is 24.3 Å². The third-order valence-corrected chi connectivity index (χ3v) is 4.17. The molecular formula is C21H16F3NO4. The molecule has 3 aromatic rings. The van der Waals surface area contributed by atoms with Crippen LogP contribution in [0.1, 0.15) is 32.2 Å². The van der Waals surface area contributed by atoms with E-state index < -0.39 is 23.6 Å². The Kier molecular flexibility index (Phi) is 5.72. The molecule has 0 saturated carbocycles. The van der Waals surface area contributed by atoms with Crippen molar-refractivity contribution in [3.8, 4) is 11.1 Å². The average Bonchev–Trinajstić information content (AvgIpc) is 3.20. The quantitative estimate of drug-likeness (QED) is 0.628. The Bertz CT molecular complexity index is 1020. The molecule has 1 amide bonds. The maximum Gasteiger partial charge on any atom is 0.416 e. The van der Waals surface area contributed by atoms with Crippen LogP contribution in [0.5, 0.6) is 0 Å². The van der Waals surface area contributed by atoms with Crippen molar-refractivity contribution in [3.05, 3.63) is 83.3 Å². The molecule has 0 radical (unpaired) electrons. The first-order valence-corrected chi connectivity index (χ1v) is 8.51. The molecule has 0 aliphatic heterocycles. The topological polar surface area (TPSA) is 68.5 Å². The van der Waals surface area contributed by atoms with Gasteiger partial charge in [0, 0.05) is 5.56 Å². The lowest BCUT2D eigenvalue weighted by atomic mass is 9.98. The van der Waals surface area contributed by atoms with Crippen molar-refractivity contribution in [1.29, 1.82) is 0 Å². The molecule has 0 saturated heterocycles. The lowest BCUT2D eigenvalue weighted by molar-refractivity contribution is -0.137. The van der Waals surface area contributed by atoms with Crippen molar-refractivity contribution in [3.63, 3.8) is 0 Å². The number of carbonyl (C=O) groups is 2. The Labute approximate surface area is 164 Å². The Balaban J connectivity index is 1.77. The van der Waals surface area contributed by atoms with Crippen LogP contribution in [0.15, 0.2) is 65.1 Å². The lowest BCUT2D eigenvalue weighted by Gasteiger charge is -2.11. The van der Waals surface area contributed by atoms with Crippen LogP contribution in [0.3, 0.4) is 0 Å². The number of rotatable bonds is 5. The molecular weight excluding hydrogens is 387 g/mol. The van der Waals surface area contributed by atoms with E-state index in [1.165, 1.54) is 31.4 Å². The molecule has 2 aromatic carbocycles. The fourth-order valence-electron chi connectivity index (χ4n) is 2.72. The summed E-state index contributed by atoms with van der Waals surface area (Å²) in [7, 11) is 1.23. The Morgan fingerprint density at radius 1 is 1.00 bits per heavy atom. The Hall–Kier alpha value is -3.55. The third-order valence-electron chi connectivity index (χ3n) is 4.17. The monoisotopic (exact) mass is 403 g/mol. The normalized spacial score (nSPS) is 11.2. The number of benzene rings is 2. The van der Waals surface area contributed by atoms with Crippen molar-refractivity contribution in [2.45, 2.75) is 12.7 Å². The summed E-state index contributed by atoms with van der Waals surface area (Å²) in [5.41, 5.74) is 0.512. The zero-order valence-electron chi connectivity index (χ0n) is 15.2. The minimum absolute atomic E-state index is 0.0157. The van der Waals surface area contributed by atoms with E-state index in [-0.39, 0.29) is 12.3 Å². The highest BCUT2D eigenvalue weighted by molar-refractivity contribution is 6.00. The molecule has 0 atom stereocenters. The number of amides is 1. The van der Waals surface area contributed by atoms with Gasteiger partial charge in [0.15, 0.2) is 0 Å². The van der Waals surface area contributed by atoms with E-state index in [4.69, 9.17) is 4.42 Å². The number of hydrogen-bond acceptors (Lipinski definition) is 4. The highest BCUT2D eigenvalue weighted by Crippen LogP contribution is 2.31. The van der Waals surface area contributed by atoms with Gasteiger partial charge in [-0.25, -0.2) is 4.79 Å². The number of nitrogens with one attached hydrogen (secondary N) is 1. The largest absolute Gasteiger partial charge is 0.463 e. The summed E-state index contributed by atoms with van der Waals surface area (Å²) in [4.78, 5) is 24.0. The van der Waals surface area contributed by atoms with Crippen molar-refractivity contribution in [2.24, 2.45) is 0 Å². The summed E-state index contributed by atoms with van der Waals surface area (Å²) < 4.78 is 48.1. The number of halogens is 3. The van der Waals surface area contributed by atoms with E-state index in [2.05, 4.69) is 10.1 Å². The van der Waals surface area contributed by atoms with E-state index in [0.717, 1.165) is 12.1 Å².